The van der Waals surface area contributed by atoms with E-state index in [9.17, 15) is 13.2 Å². The Morgan fingerprint density at radius 2 is 1.67 bits per heavy atom. The number of piperidine rings is 1. The number of nitrogens with zero attached hydrogens (tertiary/aromatic N) is 1. The number of ether oxygens (including phenoxy) is 3. The van der Waals surface area contributed by atoms with Gasteiger partial charge >= 0.3 is 6.09 Å². The van der Waals surface area contributed by atoms with E-state index in [1.165, 1.54) is 6.26 Å². The van der Waals surface area contributed by atoms with Gasteiger partial charge in [-0.25, -0.2) is 13.2 Å². The third-order valence-corrected chi connectivity index (χ3v) is 7.03. The molecule has 1 atom stereocenters. The van der Waals surface area contributed by atoms with Crippen LogP contribution in [-0.2, 0) is 25.9 Å². The normalized spacial score (nSPS) is 19.5. The van der Waals surface area contributed by atoms with Crippen molar-refractivity contribution in [1.82, 2.24) is 4.90 Å². The van der Waals surface area contributed by atoms with Crippen molar-refractivity contribution in [3.8, 4) is 16.9 Å². The van der Waals surface area contributed by atoms with Gasteiger partial charge in [0.1, 0.15) is 11.4 Å². The van der Waals surface area contributed by atoms with Gasteiger partial charge in [0, 0.05) is 30.8 Å². The number of fused-ring (bicyclic) bond motifs is 1. The van der Waals surface area contributed by atoms with Crippen LogP contribution < -0.4 is 4.74 Å². The number of carbonyl (C=O) groups is 1. The average molecular weight is 474 g/mol. The van der Waals surface area contributed by atoms with Crippen LogP contribution in [0, 0.1) is 5.92 Å². The highest BCUT2D eigenvalue weighted by Gasteiger charge is 2.34. The molecule has 2 aliphatic heterocycles. The van der Waals surface area contributed by atoms with Crippen molar-refractivity contribution in [2.45, 2.75) is 57.0 Å². The maximum Gasteiger partial charge on any atom is 0.410 e. The lowest BCUT2D eigenvalue weighted by atomic mass is 9.95. The van der Waals surface area contributed by atoms with Gasteiger partial charge in [-0.15, -0.1) is 0 Å². The largest absolute Gasteiger partial charge is 0.464 e. The highest BCUT2D eigenvalue weighted by molar-refractivity contribution is 7.90. The molecule has 0 aliphatic carbocycles. The van der Waals surface area contributed by atoms with Crippen LogP contribution in [0.4, 0.5) is 4.79 Å². The molecule has 0 bridgehead atoms. The molecule has 2 aliphatic rings. The van der Waals surface area contributed by atoms with Gasteiger partial charge in [0.15, 0.2) is 9.84 Å². The monoisotopic (exact) mass is 473 g/mol. The zero-order valence-electron chi connectivity index (χ0n) is 19.5. The summed E-state index contributed by atoms with van der Waals surface area (Å²) in [5.74, 6) is 1.01. The Morgan fingerprint density at radius 1 is 1.03 bits per heavy atom. The lowest BCUT2D eigenvalue weighted by Gasteiger charge is -2.38. The number of carbonyl (C=O) groups excluding carboxylic acids is 1. The van der Waals surface area contributed by atoms with E-state index in [1.807, 2.05) is 51.1 Å². The Morgan fingerprint density at radius 3 is 2.27 bits per heavy atom. The molecule has 2 aromatic carbocycles. The summed E-state index contributed by atoms with van der Waals surface area (Å²) < 4.78 is 41.0. The third kappa shape index (κ3) is 5.68. The highest BCUT2D eigenvalue weighted by Crippen LogP contribution is 2.35. The van der Waals surface area contributed by atoms with Gasteiger partial charge in [-0.2, -0.15) is 0 Å². The van der Waals surface area contributed by atoms with Crippen molar-refractivity contribution >= 4 is 15.9 Å². The van der Waals surface area contributed by atoms with Crippen LogP contribution >= 0.6 is 0 Å². The third-order valence-electron chi connectivity index (χ3n) is 5.90. The molecule has 1 saturated heterocycles. The van der Waals surface area contributed by atoms with Crippen molar-refractivity contribution in [2.24, 2.45) is 5.92 Å². The fourth-order valence-corrected chi connectivity index (χ4v) is 4.76. The molecule has 1 fully saturated rings. The summed E-state index contributed by atoms with van der Waals surface area (Å²) in [6.45, 7) is 7.30. The molecule has 178 valence electrons. The van der Waals surface area contributed by atoms with Gasteiger partial charge in [-0.3, -0.25) is 0 Å². The number of hydrogen-bond donors (Lipinski definition) is 0. The highest BCUT2D eigenvalue weighted by atomic mass is 32.2. The summed E-state index contributed by atoms with van der Waals surface area (Å²) in [7, 11) is -3.22. The molecule has 7 nitrogen and oxygen atoms in total. The number of likely N-dealkylation sites (tertiary alicyclic amines) is 1. The first-order valence-corrected chi connectivity index (χ1v) is 13.1. The minimum atomic E-state index is -3.22. The minimum Gasteiger partial charge on any atom is -0.464 e. The molecule has 0 radical (unpaired) electrons. The summed E-state index contributed by atoms with van der Waals surface area (Å²) in [5.41, 5.74) is 2.37. The van der Waals surface area contributed by atoms with Crippen molar-refractivity contribution in [2.75, 3.05) is 19.3 Å². The smallest absolute Gasteiger partial charge is 0.410 e. The number of sulfone groups is 1. The summed E-state index contributed by atoms with van der Waals surface area (Å²) in [4.78, 5) is 14.3. The predicted octanol–water partition coefficient (Wildman–Crippen LogP) is 4.64. The molecular weight excluding hydrogens is 442 g/mol. The van der Waals surface area contributed by atoms with E-state index in [0.29, 0.717) is 24.6 Å². The molecular formula is C25H31NO6S. The van der Waals surface area contributed by atoms with E-state index < -0.39 is 15.4 Å². The fourth-order valence-electron chi connectivity index (χ4n) is 4.13. The Balaban J connectivity index is 1.38. The van der Waals surface area contributed by atoms with Crippen molar-refractivity contribution < 1.29 is 27.4 Å². The van der Waals surface area contributed by atoms with E-state index in [1.54, 1.807) is 17.0 Å². The predicted molar refractivity (Wildman–Crippen MR) is 125 cm³/mol. The van der Waals surface area contributed by atoms with E-state index in [0.717, 1.165) is 35.3 Å². The van der Waals surface area contributed by atoms with Crippen LogP contribution in [-0.4, -0.2) is 50.6 Å². The summed E-state index contributed by atoms with van der Waals surface area (Å²) in [6.07, 6.45) is 2.19. The molecule has 33 heavy (non-hydrogen) atoms. The standard InChI is InChI=1S/C25H31NO6S/c1-25(2,3)32-24(27)26-13-11-18(12-14-26)23-30-16-20-15-19(7-10-22(20)31-23)17-5-8-21(9-6-17)33(4,28)29/h5-10,15,18,23H,11-14,16H2,1-4H3. The van der Waals surface area contributed by atoms with Crippen LogP contribution in [0.5, 0.6) is 5.75 Å². The molecule has 1 unspecified atom stereocenters. The molecule has 2 aromatic rings. The van der Waals surface area contributed by atoms with Crippen LogP contribution in [0.15, 0.2) is 47.4 Å². The molecule has 2 heterocycles. The molecule has 0 aromatic heterocycles. The lowest BCUT2D eigenvalue weighted by molar-refractivity contribution is -0.149. The van der Waals surface area contributed by atoms with E-state index in [-0.39, 0.29) is 18.3 Å². The number of rotatable bonds is 3. The second-order valence-electron chi connectivity index (χ2n) is 9.72. The Labute approximate surface area is 195 Å². The Kier molecular flexibility index (Phi) is 6.42. The summed E-state index contributed by atoms with van der Waals surface area (Å²) in [5, 5.41) is 0. The quantitative estimate of drug-likeness (QED) is 0.646. The molecule has 0 spiro atoms. The van der Waals surface area contributed by atoms with Crippen LogP contribution in [0.1, 0.15) is 39.2 Å². The maximum atomic E-state index is 12.3. The first kappa shape index (κ1) is 23.6. The Bertz CT molecular complexity index is 1110. The first-order valence-electron chi connectivity index (χ1n) is 11.2. The van der Waals surface area contributed by atoms with Crippen LogP contribution in [0.25, 0.3) is 11.1 Å². The zero-order chi connectivity index (χ0) is 23.8. The number of hydrogen-bond acceptors (Lipinski definition) is 6. The van der Waals surface area contributed by atoms with Gasteiger partial charge < -0.3 is 19.1 Å². The molecule has 4 rings (SSSR count). The summed E-state index contributed by atoms with van der Waals surface area (Å²) in [6, 6.07) is 12.8. The van der Waals surface area contributed by atoms with E-state index in [4.69, 9.17) is 14.2 Å². The van der Waals surface area contributed by atoms with Gasteiger partial charge in [0.25, 0.3) is 0 Å². The SMILES string of the molecule is CC(C)(C)OC(=O)N1CCC(C2OCc3cc(-c4ccc(S(C)(=O)=O)cc4)ccc3O2)CC1. The van der Waals surface area contributed by atoms with Crippen molar-refractivity contribution in [3.05, 3.63) is 48.0 Å². The molecule has 8 heteroatoms. The summed E-state index contributed by atoms with van der Waals surface area (Å²) >= 11 is 0. The molecule has 0 saturated carbocycles. The second kappa shape index (κ2) is 8.99. The fraction of sp³-hybridized carbons (Fsp3) is 0.480. The minimum absolute atomic E-state index is 0.208. The van der Waals surface area contributed by atoms with Gasteiger partial charge in [-0.05, 0) is 69.0 Å². The Hall–Kier alpha value is -2.58. The maximum absolute atomic E-state index is 12.3. The second-order valence-corrected chi connectivity index (χ2v) is 11.7. The molecule has 1 amide bonds. The van der Waals surface area contributed by atoms with Crippen LogP contribution in [0.3, 0.4) is 0 Å². The van der Waals surface area contributed by atoms with E-state index >= 15 is 0 Å². The van der Waals surface area contributed by atoms with Gasteiger partial charge in [0.05, 0.1) is 11.5 Å². The number of benzene rings is 2. The number of amides is 1. The first-order chi connectivity index (χ1) is 15.5. The molecule has 0 N–H and O–H groups in total. The van der Waals surface area contributed by atoms with Crippen molar-refractivity contribution in [3.63, 3.8) is 0 Å². The van der Waals surface area contributed by atoms with Gasteiger partial charge in [-0.1, -0.05) is 18.2 Å². The topological polar surface area (TPSA) is 82.1 Å². The average Bonchev–Trinajstić information content (AvgIpc) is 2.77. The van der Waals surface area contributed by atoms with Gasteiger partial charge in [0.2, 0.25) is 6.29 Å². The van der Waals surface area contributed by atoms with E-state index in [2.05, 4.69) is 0 Å². The van der Waals surface area contributed by atoms with Crippen molar-refractivity contribution in [1.29, 1.82) is 0 Å². The lowest BCUT2D eigenvalue weighted by Crippen LogP contribution is -2.45. The zero-order valence-corrected chi connectivity index (χ0v) is 20.4. The van der Waals surface area contributed by atoms with Crippen LogP contribution in [0.2, 0.25) is 0 Å².